The molecule has 0 saturated carbocycles. The fourth-order valence-corrected chi connectivity index (χ4v) is 4.04. The van der Waals surface area contributed by atoms with E-state index in [1.165, 1.54) is 0 Å². The second-order valence-corrected chi connectivity index (χ2v) is 7.56. The zero-order chi connectivity index (χ0) is 19.8. The van der Waals surface area contributed by atoms with E-state index in [4.69, 9.17) is 21.0 Å². The van der Waals surface area contributed by atoms with Crippen LogP contribution < -0.4 is 0 Å². The first-order valence-corrected chi connectivity index (χ1v) is 9.97. The summed E-state index contributed by atoms with van der Waals surface area (Å²) in [5, 5.41) is 5.32. The zero-order valence-electron chi connectivity index (χ0n) is 16.0. The van der Waals surface area contributed by atoms with Crippen LogP contribution in [0.3, 0.4) is 0 Å². The molecule has 5 rings (SSSR count). The van der Waals surface area contributed by atoms with Crippen LogP contribution in [0.25, 0.3) is 17.3 Å². The number of fused-ring (bicyclic) bond motifs is 1. The molecule has 6 nitrogen and oxygen atoms in total. The van der Waals surface area contributed by atoms with Crippen molar-refractivity contribution in [3.05, 3.63) is 82.6 Å². The Bertz CT molecular complexity index is 1140. The number of hydrogen-bond donors (Lipinski definition) is 0. The third kappa shape index (κ3) is 3.45. The Labute approximate surface area is 173 Å². The number of rotatable bonds is 4. The topological polar surface area (TPSA) is 60.0 Å². The number of furan rings is 1. The van der Waals surface area contributed by atoms with Crippen LogP contribution in [0, 0.1) is 6.92 Å². The van der Waals surface area contributed by atoms with E-state index in [1.54, 1.807) is 6.26 Å². The van der Waals surface area contributed by atoms with Gasteiger partial charge in [-0.15, -0.1) is 0 Å². The van der Waals surface area contributed by atoms with E-state index in [2.05, 4.69) is 15.0 Å². The van der Waals surface area contributed by atoms with Gasteiger partial charge in [0, 0.05) is 43.4 Å². The summed E-state index contributed by atoms with van der Waals surface area (Å²) in [7, 11) is 0. The van der Waals surface area contributed by atoms with Gasteiger partial charge in [-0.05, 0) is 31.2 Å². The van der Waals surface area contributed by atoms with Gasteiger partial charge in [-0.25, -0.2) is 14.6 Å². The fourth-order valence-electron chi connectivity index (χ4n) is 3.71. The molecular formula is C22H20ClN5O. The van der Waals surface area contributed by atoms with Crippen LogP contribution >= 0.6 is 11.6 Å². The van der Waals surface area contributed by atoms with E-state index in [9.17, 15) is 0 Å². The molecule has 146 valence electrons. The molecule has 0 unspecified atom stereocenters. The lowest BCUT2D eigenvalue weighted by molar-refractivity contribution is 0.242. The third-order valence-corrected chi connectivity index (χ3v) is 5.65. The lowest BCUT2D eigenvalue weighted by Crippen LogP contribution is -2.31. The molecule has 7 heteroatoms. The van der Waals surface area contributed by atoms with Gasteiger partial charge in [0.2, 0.25) is 0 Å². The highest BCUT2D eigenvalue weighted by molar-refractivity contribution is 6.30. The molecule has 0 radical (unpaired) electrons. The van der Waals surface area contributed by atoms with Crippen LogP contribution in [0.5, 0.6) is 0 Å². The normalized spacial score (nSPS) is 14.1. The van der Waals surface area contributed by atoms with Crippen LogP contribution in [0.15, 0.2) is 59.3 Å². The summed E-state index contributed by atoms with van der Waals surface area (Å²) in [4.78, 5) is 11.5. The highest BCUT2D eigenvalue weighted by Crippen LogP contribution is 2.27. The maximum atomic E-state index is 6.70. The van der Waals surface area contributed by atoms with E-state index in [-0.39, 0.29) is 0 Å². The van der Waals surface area contributed by atoms with Gasteiger partial charge in [0.1, 0.15) is 5.15 Å². The molecule has 0 spiro atoms. The van der Waals surface area contributed by atoms with E-state index in [0.29, 0.717) is 16.7 Å². The molecule has 0 aliphatic carbocycles. The van der Waals surface area contributed by atoms with Crippen LogP contribution in [0.4, 0.5) is 0 Å². The largest absolute Gasteiger partial charge is 0.461 e. The minimum Gasteiger partial charge on any atom is -0.461 e. The summed E-state index contributed by atoms with van der Waals surface area (Å²) in [5.41, 5.74) is 5.22. The standard InChI is InChI=1S/C22H20ClN5O/c1-15-18(21(23)28(26-15)17-6-3-2-4-7-17)14-27-10-9-19-16(13-27)12-24-22(25-19)20-8-5-11-29-20/h2-8,11-12H,9-10,13-14H2,1H3. The summed E-state index contributed by atoms with van der Waals surface area (Å²) >= 11 is 6.70. The Morgan fingerprint density at radius 1 is 1.14 bits per heavy atom. The molecule has 29 heavy (non-hydrogen) atoms. The molecule has 0 atom stereocenters. The van der Waals surface area contributed by atoms with Crippen molar-refractivity contribution in [1.29, 1.82) is 0 Å². The monoisotopic (exact) mass is 405 g/mol. The van der Waals surface area contributed by atoms with Gasteiger partial charge in [-0.3, -0.25) is 4.90 Å². The van der Waals surface area contributed by atoms with Gasteiger partial charge in [-0.1, -0.05) is 29.8 Å². The van der Waals surface area contributed by atoms with Crippen LogP contribution in [0.2, 0.25) is 5.15 Å². The van der Waals surface area contributed by atoms with E-state index >= 15 is 0 Å². The minimum absolute atomic E-state index is 0.644. The SMILES string of the molecule is Cc1nn(-c2ccccc2)c(Cl)c1CN1CCc2nc(-c3ccco3)ncc2C1. The Hall–Kier alpha value is -2.96. The van der Waals surface area contributed by atoms with Crippen molar-refractivity contribution in [2.24, 2.45) is 0 Å². The number of para-hydroxylation sites is 1. The number of nitrogens with zero attached hydrogens (tertiary/aromatic N) is 5. The first-order valence-electron chi connectivity index (χ1n) is 9.59. The summed E-state index contributed by atoms with van der Waals surface area (Å²) in [6.07, 6.45) is 4.42. The van der Waals surface area contributed by atoms with Gasteiger partial charge in [0.15, 0.2) is 11.6 Å². The number of halogens is 1. The Kier molecular flexibility index (Phi) is 4.66. The summed E-state index contributed by atoms with van der Waals surface area (Å²) in [5.74, 6) is 1.34. The Morgan fingerprint density at radius 3 is 2.79 bits per heavy atom. The molecule has 1 aliphatic rings. The molecule has 4 heterocycles. The molecule has 0 fully saturated rings. The summed E-state index contributed by atoms with van der Waals surface area (Å²) in [6.45, 7) is 4.46. The van der Waals surface area contributed by atoms with Crippen molar-refractivity contribution >= 4 is 11.6 Å². The van der Waals surface area contributed by atoms with Gasteiger partial charge in [-0.2, -0.15) is 5.10 Å². The highest BCUT2D eigenvalue weighted by Gasteiger charge is 2.23. The van der Waals surface area contributed by atoms with Gasteiger partial charge in [0.05, 0.1) is 23.3 Å². The van der Waals surface area contributed by atoms with Crippen molar-refractivity contribution in [2.45, 2.75) is 26.4 Å². The lowest BCUT2D eigenvalue weighted by atomic mass is 10.1. The summed E-state index contributed by atoms with van der Waals surface area (Å²) < 4.78 is 7.22. The number of benzene rings is 1. The van der Waals surface area contributed by atoms with E-state index in [0.717, 1.165) is 54.3 Å². The van der Waals surface area contributed by atoms with E-state index in [1.807, 2.05) is 60.3 Å². The maximum Gasteiger partial charge on any atom is 0.195 e. The molecule has 1 aromatic carbocycles. The average molecular weight is 406 g/mol. The number of hydrogen-bond acceptors (Lipinski definition) is 5. The van der Waals surface area contributed by atoms with Crippen molar-refractivity contribution < 1.29 is 4.42 Å². The quantitative estimate of drug-likeness (QED) is 0.502. The predicted octanol–water partition coefficient (Wildman–Crippen LogP) is 4.44. The van der Waals surface area contributed by atoms with Gasteiger partial charge >= 0.3 is 0 Å². The molecule has 0 saturated heterocycles. The third-order valence-electron chi connectivity index (χ3n) is 5.26. The van der Waals surface area contributed by atoms with Crippen LogP contribution in [0.1, 0.15) is 22.5 Å². The molecule has 0 N–H and O–H groups in total. The van der Waals surface area contributed by atoms with Crippen molar-refractivity contribution in [2.75, 3.05) is 6.54 Å². The molecule has 4 aromatic rings. The van der Waals surface area contributed by atoms with Crippen molar-refractivity contribution in [1.82, 2.24) is 24.6 Å². The summed E-state index contributed by atoms with van der Waals surface area (Å²) in [6, 6.07) is 13.7. The van der Waals surface area contributed by atoms with Gasteiger partial charge < -0.3 is 4.42 Å². The number of aromatic nitrogens is 4. The molecule has 1 aliphatic heterocycles. The second kappa shape index (κ2) is 7.46. The smallest absolute Gasteiger partial charge is 0.195 e. The Balaban J connectivity index is 1.36. The van der Waals surface area contributed by atoms with Crippen molar-refractivity contribution in [3.63, 3.8) is 0 Å². The van der Waals surface area contributed by atoms with E-state index < -0.39 is 0 Å². The zero-order valence-corrected chi connectivity index (χ0v) is 16.8. The van der Waals surface area contributed by atoms with Gasteiger partial charge in [0.25, 0.3) is 0 Å². The first kappa shape index (κ1) is 18.1. The molecular weight excluding hydrogens is 386 g/mol. The second-order valence-electron chi connectivity index (χ2n) is 7.21. The first-order chi connectivity index (χ1) is 14.2. The van der Waals surface area contributed by atoms with Crippen LogP contribution in [-0.4, -0.2) is 31.2 Å². The highest BCUT2D eigenvalue weighted by atomic mass is 35.5. The Morgan fingerprint density at radius 2 is 2.00 bits per heavy atom. The average Bonchev–Trinajstić information content (AvgIpc) is 3.38. The molecule has 0 bridgehead atoms. The fraction of sp³-hybridized carbons (Fsp3) is 0.227. The predicted molar refractivity (Wildman–Crippen MR) is 111 cm³/mol. The molecule has 3 aromatic heterocycles. The number of aryl methyl sites for hydroxylation is 1. The minimum atomic E-state index is 0.644. The van der Waals surface area contributed by atoms with Crippen molar-refractivity contribution in [3.8, 4) is 17.3 Å². The lowest BCUT2D eigenvalue weighted by Gasteiger charge is -2.27. The van der Waals surface area contributed by atoms with Crippen LogP contribution in [-0.2, 0) is 19.5 Å². The molecule has 0 amide bonds. The maximum absolute atomic E-state index is 6.70.